The fourth-order valence-electron chi connectivity index (χ4n) is 3.83. The molecule has 0 radical (unpaired) electrons. The monoisotopic (exact) mass is 461 g/mol. The summed E-state index contributed by atoms with van der Waals surface area (Å²) in [5, 5.41) is 15.4. The summed E-state index contributed by atoms with van der Waals surface area (Å²) < 4.78 is 0. The Bertz CT molecular complexity index is 1000. The third kappa shape index (κ3) is 4.92. The van der Waals surface area contributed by atoms with Crippen molar-refractivity contribution in [3.63, 3.8) is 0 Å². The molecule has 0 aliphatic carbocycles. The van der Waals surface area contributed by atoms with Crippen molar-refractivity contribution < 1.29 is 14.4 Å². The summed E-state index contributed by atoms with van der Waals surface area (Å²) in [7, 11) is 0. The smallest absolute Gasteiger partial charge is 0.229 e. The van der Waals surface area contributed by atoms with Crippen LogP contribution in [0.15, 0.2) is 48.5 Å². The number of halogens is 2. The molecule has 4 rings (SSSR count). The standard InChI is InChI=1S/C21H21Cl2N5O3/c22-12-6-7-15(14(23)8-12)25-21-27-18-17(20(31)28-21)13(9-16(29)26-18)19(30)24-10-11-4-2-1-3-5-11/h1-8,13,17-18,21,25,27H,9-10H2,(H,24,30)(H,26,29)(H,28,31). The number of amides is 3. The van der Waals surface area contributed by atoms with Gasteiger partial charge in [0.25, 0.3) is 0 Å². The van der Waals surface area contributed by atoms with Crippen molar-refractivity contribution in [3.05, 3.63) is 64.1 Å². The highest BCUT2D eigenvalue weighted by Crippen LogP contribution is 2.29. The molecule has 2 aliphatic rings. The van der Waals surface area contributed by atoms with Gasteiger partial charge in [-0.05, 0) is 23.8 Å². The SMILES string of the molecule is O=C1CC(C(=O)NCc2ccccc2)C2C(=O)NC(Nc3ccc(Cl)cc3Cl)NC2N1. The van der Waals surface area contributed by atoms with Crippen LogP contribution in [0.1, 0.15) is 12.0 Å². The van der Waals surface area contributed by atoms with Gasteiger partial charge in [-0.1, -0.05) is 53.5 Å². The van der Waals surface area contributed by atoms with Crippen LogP contribution in [0.2, 0.25) is 10.0 Å². The number of carbonyl (C=O) groups is 3. The van der Waals surface area contributed by atoms with Crippen LogP contribution >= 0.6 is 23.2 Å². The first-order valence-electron chi connectivity index (χ1n) is 9.80. The fourth-order valence-corrected chi connectivity index (χ4v) is 4.30. The van der Waals surface area contributed by atoms with Gasteiger partial charge in [-0.3, -0.25) is 19.7 Å². The van der Waals surface area contributed by atoms with E-state index in [1.807, 2.05) is 30.3 Å². The Balaban J connectivity index is 1.44. The molecule has 2 heterocycles. The molecule has 2 aromatic rings. The van der Waals surface area contributed by atoms with Crippen LogP contribution in [0.4, 0.5) is 5.69 Å². The molecule has 4 atom stereocenters. The Kier molecular flexibility index (Phi) is 6.31. The number of piperidine rings is 1. The second-order valence-electron chi connectivity index (χ2n) is 7.46. The predicted molar refractivity (Wildman–Crippen MR) is 117 cm³/mol. The van der Waals surface area contributed by atoms with Gasteiger partial charge < -0.3 is 21.3 Å². The van der Waals surface area contributed by atoms with Crippen LogP contribution in [0.5, 0.6) is 0 Å². The summed E-state index contributed by atoms with van der Waals surface area (Å²) in [6.45, 7) is 0.323. The Morgan fingerprint density at radius 1 is 1.06 bits per heavy atom. The minimum absolute atomic E-state index is 0.0575. The quantitative estimate of drug-likeness (QED) is 0.466. The Morgan fingerprint density at radius 3 is 2.58 bits per heavy atom. The van der Waals surface area contributed by atoms with Gasteiger partial charge in [0.1, 0.15) is 0 Å². The van der Waals surface area contributed by atoms with Gasteiger partial charge in [0.2, 0.25) is 17.7 Å². The van der Waals surface area contributed by atoms with Gasteiger partial charge in [0, 0.05) is 18.0 Å². The van der Waals surface area contributed by atoms with Crippen LogP contribution in [0.3, 0.4) is 0 Å². The largest absolute Gasteiger partial charge is 0.352 e. The minimum Gasteiger partial charge on any atom is -0.352 e. The fraction of sp³-hybridized carbons (Fsp3) is 0.286. The third-order valence-corrected chi connectivity index (χ3v) is 5.88. The lowest BCUT2D eigenvalue weighted by atomic mass is 9.81. The van der Waals surface area contributed by atoms with E-state index in [9.17, 15) is 14.4 Å². The summed E-state index contributed by atoms with van der Waals surface area (Å²) in [5.41, 5.74) is 1.49. The summed E-state index contributed by atoms with van der Waals surface area (Å²) >= 11 is 12.1. The highest BCUT2D eigenvalue weighted by molar-refractivity contribution is 6.36. The lowest BCUT2D eigenvalue weighted by Crippen LogP contribution is -2.72. The molecule has 5 N–H and O–H groups in total. The zero-order valence-electron chi connectivity index (χ0n) is 16.3. The molecule has 8 nitrogen and oxygen atoms in total. The zero-order chi connectivity index (χ0) is 22.0. The van der Waals surface area contributed by atoms with E-state index in [2.05, 4.69) is 26.6 Å². The molecule has 0 aromatic heterocycles. The molecule has 2 aromatic carbocycles. The molecule has 31 heavy (non-hydrogen) atoms. The Hall–Kier alpha value is -2.81. The number of rotatable bonds is 5. The van der Waals surface area contributed by atoms with Gasteiger partial charge in [-0.2, -0.15) is 0 Å². The average Bonchev–Trinajstić information content (AvgIpc) is 2.74. The Morgan fingerprint density at radius 2 is 1.84 bits per heavy atom. The number of benzene rings is 2. The van der Waals surface area contributed by atoms with Crippen LogP contribution < -0.4 is 26.6 Å². The van der Waals surface area contributed by atoms with Crippen LogP contribution in [0.25, 0.3) is 0 Å². The van der Waals surface area contributed by atoms with Gasteiger partial charge >= 0.3 is 0 Å². The highest BCUT2D eigenvalue weighted by Gasteiger charge is 2.48. The first-order chi connectivity index (χ1) is 14.9. The third-order valence-electron chi connectivity index (χ3n) is 5.33. The molecular formula is C21H21Cl2N5O3. The van der Waals surface area contributed by atoms with E-state index in [0.29, 0.717) is 22.3 Å². The Labute approximate surface area is 189 Å². The lowest BCUT2D eigenvalue weighted by molar-refractivity contribution is -0.146. The van der Waals surface area contributed by atoms with Crippen molar-refractivity contribution in [3.8, 4) is 0 Å². The van der Waals surface area contributed by atoms with E-state index in [-0.39, 0.29) is 24.1 Å². The number of hydrogen-bond donors (Lipinski definition) is 5. The molecule has 0 bridgehead atoms. The summed E-state index contributed by atoms with van der Waals surface area (Å²) in [6, 6.07) is 14.4. The van der Waals surface area contributed by atoms with Crippen molar-refractivity contribution in [2.75, 3.05) is 5.32 Å². The molecule has 10 heteroatoms. The number of carbonyl (C=O) groups excluding carboxylic acids is 3. The summed E-state index contributed by atoms with van der Waals surface area (Å²) in [5.74, 6) is -2.50. The highest BCUT2D eigenvalue weighted by atomic mass is 35.5. The maximum absolute atomic E-state index is 12.9. The normalized spacial score (nSPS) is 25.1. The van der Waals surface area contributed by atoms with Crippen molar-refractivity contribution in [2.24, 2.45) is 11.8 Å². The van der Waals surface area contributed by atoms with E-state index in [1.165, 1.54) is 0 Å². The van der Waals surface area contributed by atoms with Crippen molar-refractivity contribution in [2.45, 2.75) is 25.4 Å². The van der Waals surface area contributed by atoms with E-state index in [4.69, 9.17) is 23.2 Å². The number of anilines is 1. The molecule has 2 aliphatic heterocycles. The minimum atomic E-state index is -0.782. The summed E-state index contributed by atoms with van der Waals surface area (Å²) in [6.07, 6.45) is -1.46. The van der Waals surface area contributed by atoms with Crippen LogP contribution in [-0.2, 0) is 20.9 Å². The van der Waals surface area contributed by atoms with Crippen LogP contribution in [-0.4, -0.2) is 30.2 Å². The van der Waals surface area contributed by atoms with Crippen molar-refractivity contribution in [1.82, 2.24) is 21.3 Å². The van der Waals surface area contributed by atoms with Gasteiger partial charge in [-0.25, -0.2) is 0 Å². The first-order valence-corrected chi connectivity index (χ1v) is 10.6. The van der Waals surface area contributed by atoms with Crippen LogP contribution in [0, 0.1) is 11.8 Å². The van der Waals surface area contributed by atoms with Gasteiger partial charge in [0.05, 0.1) is 28.7 Å². The van der Waals surface area contributed by atoms with E-state index < -0.39 is 24.3 Å². The second kappa shape index (κ2) is 9.13. The second-order valence-corrected chi connectivity index (χ2v) is 8.31. The van der Waals surface area contributed by atoms with Crippen molar-refractivity contribution in [1.29, 1.82) is 0 Å². The van der Waals surface area contributed by atoms with E-state index in [0.717, 1.165) is 5.56 Å². The number of hydrogen-bond acceptors (Lipinski definition) is 5. The van der Waals surface area contributed by atoms with Crippen molar-refractivity contribution >= 4 is 46.6 Å². The van der Waals surface area contributed by atoms with E-state index >= 15 is 0 Å². The van der Waals surface area contributed by atoms with Gasteiger partial charge in [0.15, 0.2) is 6.29 Å². The maximum atomic E-state index is 12.9. The molecule has 162 valence electrons. The summed E-state index contributed by atoms with van der Waals surface area (Å²) in [4.78, 5) is 38.0. The van der Waals surface area contributed by atoms with E-state index in [1.54, 1.807) is 18.2 Å². The lowest BCUT2D eigenvalue weighted by Gasteiger charge is -2.43. The molecular weight excluding hydrogens is 441 g/mol. The molecule has 2 fully saturated rings. The number of fused-ring (bicyclic) bond motifs is 1. The molecule has 2 saturated heterocycles. The molecule has 3 amide bonds. The zero-order valence-corrected chi connectivity index (χ0v) is 17.8. The maximum Gasteiger partial charge on any atom is 0.229 e. The first kappa shape index (κ1) is 21.4. The number of nitrogens with one attached hydrogen (secondary N) is 5. The molecule has 0 spiro atoms. The topological polar surface area (TPSA) is 111 Å². The molecule has 0 saturated carbocycles. The molecule has 4 unspecified atom stereocenters. The average molecular weight is 462 g/mol. The van der Waals surface area contributed by atoms with Gasteiger partial charge in [-0.15, -0.1) is 0 Å². The predicted octanol–water partition coefficient (Wildman–Crippen LogP) is 1.80.